The van der Waals surface area contributed by atoms with Crippen molar-refractivity contribution in [3.05, 3.63) is 99.3 Å². The van der Waals surface area contributed by atoms with Crippen molar-refractivity contribution in [1.82, 2.24) is 5.32 Å². The molecule has 0 aliphatic heterocycles. The van der Waals surface area contributed by atoms with Crippen molar-refractivity contribution in [2.75, 3.05) is 5.32 Å². The van der Waals surface area contributed by atoms with Gasteiger partial charge in [-0.2, -0.15) is 0 Å². The molecule has 0 radical (unpaired) electrons. The lowest BCUT2D eigenvalue weighted by Gasteiger charge is -2.12. The van der Waals surface area contributed by atoms with Gasteiger partial charge in [-0.15, -0.1) is 0 Å². The second-order valence-corrected chi connectivity index (χ2v) is 6.78. The van der Waals surface area contributed by atoms with Crippen molar-refractivity contribution < 1.29 is 14.0 Å². The first-order chi connectivity index (χ1) is 13.4. The van der Waals surface area contributed by atoms with Crippen LogP contribution >= 0.6 is 23.2 Å². The minimum absolute atomic E-state index is 0.211. The Kier molecular flexibility index (Phi) is 6.29. The van der Waals surface area contributed by atoms with Crippen LogP contribution in [0.4, 0.5) is 10.1 Å². The predicted octanol–water partition coefficient (Wildman–Crippen LogP) is 5.31. The zero-order valence-corrected chi connectivity index (χ0v) is 16.0. The molecule has 0 spiro atoms. The van der Waals surface area contributed by atoms with Crippen molar-refractivity contribution >= 4 is 40.7 Å². The van der Waals surface area contributed by atoms with Crippen molar-refractivity contribution in [2.45, 2.75) is 6.54 Å². The van der Waals surface area contributed by atoms with Gasteiger partial charge in [0.15, 0.2) is 0 Å². The van der Waals surface area contributed by atoms with Gasteiger partial charge in [0.05, 0.1) is 21.8 Å². The first-order valence-corrected chi connectivity index (χ1v) is 9.07. The number of rotatable bonds is 5. The van der Waals surface area contributed by atoms with Gasteiger partial charge in [-0.25, -0.2) is 4.39 Å². The van der Waals surface area contributed by atoms with Crippen LogP contribution in [-0.2, 0) is 6.54 Å². The van der Waals surface area contributed by atoms with Gasteiger partial charge in [-0.05, 0) is 48.0 Å². The lowest BCUT2D eigenvalue weighted by Crippen LogP contribution is -2.25. The van der Waals surface area contributed by atoms with Crippen LogP contribution in [0.1, 0.15) is 26.3 Å². The number of halogens is 3. The zero-order valence-electron chi connectivity index (χ0n) is 14.5. The van der Waals surface area contributed by atoms with Gasteiger partial charge in [-0.1, -0.05) is 47.5 Å². The highest BCUT2D eigenvalue weighted by molar-refractivity contribution is 6.37. The molecule has 142 valence electrons. The highest BCUT2D eigenvalue weighted by Gasteiger charge is 2.16. The van der Waals surface area contributed by atoms with Gasteiger partial charge in [-0.3, -0.25) is 9.59 Å². The van der Waals surface area contributed by atoms with Crippen LogP contribution in [0, 0.1) is 5.82 Å². The molecule has 0 saturated heterocycles. The molecule has 0 unspecified atom stereocenters. The Bertz CT molecular complexity index is 1020. The second-order valence-electron chi connectivity index (χ2n) is 5.93. The molecule has 28 heavy (non-hydrogen) atoms. The van der Waals surface area contributed by atoms with E-state index < -0.39 is 5.91 Å². The Morgan fingerprint density at radius 1 is 0.857 bits per heavy atom. The summed E-state index contributed by atoms with van der Waals surface area (Å²) >= 11 is 11.9. The third-order valence-corrected chi connectivity index (χ3v) is 4.51. The molecular formula is C21H15Cl2FN2O2. The molecule has 0 aliphatic rings. The van der Waals surface area contributed by atoms with Crippen molar-refractivity contribution in [3.63, 3.8) is 0 Å². The summed E-state index contributed by atoms with van der Waals surface area (Å²) < 4.78 is 13.0. The molecule has 4 nitrogen and oxygen atoms in total. The summed E-state index contributed by atoms with van der Waals surface area (Å²) in [6.07, 6.45) is 0. The Labute approximate surface area is 171 Å². The number of para-hydroxylation sites is 1. The summed E-state index contributed by atoms with van der Waals surface area (Å²) in [6.45, 7) is 0.227. The first kappa shape index (κ1) is 19.9. The molecule has 3 aromatic rings. The van der Waals surface area contributed by atoms with Crippen LogP contribution in [0.5, 0.6) is 0 Å². The Morgan fingerprint density at radius 2 is 1.57 bits per heavy atom. The molecule has 3 rings (SSSR count). The van der Waals surface area contributed by atoms with E-state index in [-0.39, 0.29) is 28.9 Å². The lowest BCUT2D eigenvalue weighted by atomic mass is 10.1. The largest absolute Gasteiger partial charge is 0.348 e. The van der Waals surface area contributed by atoms with E-state index in [1.807, 2.05) is 0 Å². The minimum Gasteiger partial charge on any atom is -0.348 e. The number of hydrogen-bond donors (Lipinski definition) is 2. The van der Waals surface area contributed by atoms with E-state index in [1.165, 1.54) is 24.3 Å². The summed E-state index contributed by atoms with van der Waals surface area (Å²) in [7, 11) is 0. The highest BCUT2D eigenvalue weighted by Crippen LogP contribution is 2.23. The molecule has 0 atom stereocenters. The number of nitrogens with one attached hydrogen (secondary N) is 2. The number of hydrogen-bond acceptors (Lipinski definition) is 2. The maximum atomic E-state index is 13.0. The third kappa shape index (κ3) is 4.88. The maximum absolute atomic E-state index is 13.0. The first-order valence-electron chi connectivity index (χ1n) is 8.32. The number of carbonyl (C=O) groups excluding carboxylic acids is 2. The van der Waals surface area contributed by atoms with E-state index in [0.29, 0.717) is 16.3 Å². The summed E-state index contributed by atoms with van der Waals surface area (Å²) in [6, 6.07) is 17.0. The number of anilines is 1. The standard InChI is InChI=1S/C21H15Cl2FN2O2/c22-14-7-10-16(18(23)11-14)21(28)26-19-4-2-1-3-17(19)20(27)25-12-13-5-8-15(24)9-6-13/h1-11H,12H2,(H,25,27)(H,26,28). The summed E-state index contributed by atoms with van der Waals surface area (Å²) in [4.78, 5) is 25.1. The van der Waals surface area contributed by atoms with Gasteiger partial charge in [0.25, 0.3) is 11.8 Å². The molecule has 0 saturated carbocycles. The highest BCUT2D eigenvalue weighted by atomic mass is 35.5. The molecule has 7 heteroatoms. The average Bonchev–Trinajstić information content (AvgIpc) is 2.67. The second kappa shape index (κ2) is 8.87. The van der Waals surface area contributed by atoms with Gasteiger partial charge >= 0.3 is 0 Å². The molecule has 0 heterocycles. The van der Waals surface area contributed by atoms with E-state index in [0.717, 1.165) is 5.56 Å². The fraction of sp³-hybridized carbons (Fsp3) is 0.0476. The number of amides is 2. The molecular weight excluding hydrogens is 402 g/mol. The van der Waals surface area contributed by atoms with Gasteiger partial charge in [0, 0.05) is 11.6 Å². The van der Waals surface area contributed by atoms with E-state index in [9.17, 15) is 14.0 Å². The average molecular weight is 417 g/mol. The van der Waals surface area contributed by atoms with Crippen molar-refractivity contribution in [3.8, 4) is 0 Å². The number of carbonyl (C=O) groups is 2. The fourth-order valence-electron chi connectivity index (χ4n) is 2.53. The molecule has 3 aromatic carbocycles. The minimum atomic E-state index is -0.458. The molecule has 0 bridgehead atoms. The molecule has 2 amide bonds. The van der Waals surface area contributed by atoms with Crippen LogP contribution in [0.25, 0.3) is 0 Å². The Morgan fingerprint density at radius 3 is 2.29 bits per heavy atom. The van der Waals surface area contributed by atoms with Gasteiger partial charge in [0.1, 0.15) is 5.82 Å². The monoisotopic (exact) mass is 416 g/mol. The Balaban J connectivity index is 1.74. The summed E-state index contributed by atoms with van der Waals surface area (Å²) in [5.41, 5.74) is 1.63. The van der Waals surface area contributed by atoms with Crippen LogP contribution in [-0.4, -0.2) is 11.8 Å². The normalized spacial score (nSPS) is 10.4. The molecule has 0 aromatic heterocycles. The van der Waals surface area contributed by atoms with Crippen LogP contribution in [0.2, 0.25) is 10.0 Å². The summed E-state index contributed by atoms with van der Waals surface area (Å²) in [5.74, 6) is -1.17. The fourth-order valence-corrected chi connectivity index (χ4v) is 3.03. The predicted molar refractivity (Wildman–Crippen MR) is 108 cm³/mol. The smallest absolute Gasteiger partial charge is 0.257 e. The van der Waals surface area contributed by atoms with Gasteiger partial charge in [0.2, 0.25) is 0 Å². The van der Waals surface area contributed by atoms with E-state index in [4.69, 9.17) is 23.2 Å². The molecule has 0 aliphatic carbocycles. The summed E-state index contributed by atoms with van der Waals surface area (Å²) in [5, 5.41) is 6.08. The quantitative estimate of drug-likeness (QED) is 0.591. The van der Waals surface area contributed by atoms with E-state index >= 15 is 0 Å². The maximum Gasteiger partial charge on any atom is 0.257 e. The van der Waals surface area contributed by atoms with Crippen LogP contribution < -0.4 is 10.6 Å². The number of benzene rings is 3. The van der Waals surface area contributed by atoms with Crippen LogP contribution in [0.3, 0.4) is 0 Å². The molecule has 2 N–H and O–H groups in total. The zero-order chi connectivity index (χ0) is 20.1. The topological polar surface area (TPSA) is 58.2 Å². The van der Waals surface area contributed by atoms with Crippen molar-refractivity contribution in [2.24, 2.45) is 0 Å². The third-order valence-electron chi connectivity index (χ3n) is 3.96. The Hall–Kier alpha value is -2.89. The van der Waals surface area contributed by atoms with Gasteiger partial charge < -0.3 is 10.6 Å². The SMILES string of the molecule is O=C(Nc1ccccc1C(=O)NCc1ccc(F)cc1)c1ccc(Cl)cc1Cl. The van der Waals surface area contributed by atoms with Crippen molar-refractivity contribution in [1.29, 1.82) is 0 Å². The lowest BCUT2D eigenvalue weighted by molar-refractivity contribution is 0.0952. The van der Waals surface area contributed by atoms with E-state index in [1.54, 1.807) is 42.5 Å². The van der Waals surface area contributed by atoms with Crippen LogP contribution in [0.15, 0.2) is 66.7 Å². The molecule has 0 fully saturated rings. The van der Waals surface area contributed by atoms with E-state index in [2.05, 4.69) is 10.6 Å².